The van der Waals surface area contributed by atoms with Crippen LogP contribution in [0.2, 0.25) is 0 Å². The van der Waals surface area contributed by atoms with Gasteiger partial charge >= 0.3 is 6.18 Å². The topological polar surface area (TPSA) is 87.7 Å². The van der Waals surface area contributed by atoms with E-state index in [1.54, 1.807) is 4.72 Å². The van der Waals surface area contributed by atoms with Crippen molar-refractivity contribution in [3.63, 3.8) is 0 Å². The third-order valence-electron chi connectivity index (χ3n) is 2.18. The van der Waals surface area contributed by atoms with E-state index in [4.69, 9.17) is 0 Å². The molecule has 1 heterocycles. The molecule has 0 radical (unpaired) electrons. The zero-order valence-corrected chi connectivity index (χ0v) is 10.3. The van der Waals surface area contributed by atoms with Gasteiger partial charge in [-0.15, -0.1) is 0 Å². The Kier molecular flexibility index (Phi) is 3.38. The number of hydrogen-bond acceptors (Lipinski definition) is 4. The highest BCUT2D eigenvalue weighted by Gasteiger charge is 2.37. The van der Waals surface area contributed by atoms with Crippen molar-refractivity contribution in [3.05, 3.63) is 35.9 Å². The van der Waals surface area contributed by atoms with Crippen LogP contribution in [0.5, 0.6) is 0 Å². The molecule has 1 aromatic heterocycles. The van der Waals surface area contributed by atoms with Gasteiger partial charge in [-0.05, 0) is 18.2 Å². The zero-order chi connectivity index (χ0) is 15.0. The minimum absolute atomic E-state index is 0.106. The van der Waals surface area contributed by atoms with Gasteiger partial charge in [0.2, 0.25) is 5.95 Å². The Morgan fingerprint density at radius 1 is 1.25 bits per heavy atom. The van der Waals surface area contributed by atoms with Gasteiger partial charge in [0.25, 0.3) is 10.0 Å². The SMILES string of the molecule is O=S(=O)(Nc1ncn[nH]1)c1ccc(F)cc1C(F)(F)F. The maximum Gasteiger partial charge on any atom is 0.417 e. The van der Waals surface area contributed by atoms with E-state index in [2.05, 4.69) is 15.2 Å². The fourth-order valence-corrected chi connectivity index (χ4v) is 2.57. The average molecular weight is 310 g/mol. The number of nitrogens with zero attached hydrogens (tertiary/aromatic N) is 2. The van der Waals surface area contributed by atoms with E-state index in [1.165, 1.54) is 0 Å². The van der Waals surface area contributed by atoms with Crippen LogP contribution >= 0.6 is 0 Å². The minimum atomic E-state index is -5.02. The number of aromatic amines is 1. The first-order valence-electron chi connectivity index (χ1n) is 4.95. The fraction of sp³-hybridized carbons (Fsp3) is 0.111. The summed E-state index contributed by atoms with van der Waals surface area (Å²) in [5, 5.41) is 5.47. The summed E-state index contributed by atoms with van der Waals surface area (Å²) in [6, 6.07) is 1.25. The molecular formula is C9H6F4N4O2S. The maximum atomic E-state index is 12.9. The second-order valence-corrected chi connectivity index (χ2v) is 5.23. The van der Waals surface area contributed by atoms with Gasteiger partial charge in [0, 0.05) is 0 Å². The Bertz CT molecular complexity index is 712. The van der Waals surface area contributed by atoms with E-state index in [0.29, 0.717) is 12.1 Å². The number of anilines is 1. The summed E-state index contributed by atoms with van der Waals surface area (Å²) in [5.74, 6) is -1.56. The summed E-state index contributed by atoms with van der Waals surface area (Å²) < 4.78 is 76.6. The van der Waals surface area contributed by atoms with Gasteiger partial charge in [-0.3, -0.25) is 0 Å². The van der Waals surface area contributed by atoms with Crippen molar-refractivity contribution < 1.29 is 26.0 Å². The number of halogens is 4. The van der Waals surface area contributed by atoms with E-state index in [1.807, 2.05) is 0 Å². The molecule has 0 fully saturated rings. The number of alkyl halides is 3. The molecule has 2 N–H and O–H groups in total. The number of hydrogen-bond donors (Lipinski definition) is 2. The molecule has 0 aliphatic rings. The first-order chi connectivity index (χ1) is 9.20. The second-order valence-electron chi connectivity index (χ2n) is 3.58. The number of benzene rings is 1. The zero-order valence-electron chi connectivity index (χ0n) is 9.44. The van der Waals surface area contributed by atoms with Gasteiger partial charge in [-0.2, -0.15) is 23.3 Å². The summed E-state index contributed by atoms with van der Waals surface area (Å²) in [4.78, 5) is 2.32. The predicted molar refractivity (Wildman–Crippen MR) is 58.6 cm³/mol. The van der Waals surface area contributed by atoms with Crippen molar-refractivity contribution in [2.75, 3.05) is 4.72 Å². The molecule has 6 nitrogen and oxygen atoms in total. The van der Waals surface area contributed by atoms with Crippen LogP contribution in [0.4, 0.5) is 23.5 Å². The van der Waals surface area contributed by atoms with Gasteiger partial charge < -0.3 is 0 Å². The van der Waals surface area contributed by atoms with Gasteiger partial charge in [0.15, 0.2) is 0 Å². The summed E-state index contributed by atoms with van der Waals surface area (Å²) in [5.41, 5.74) is -1.61. The first kappa shape index (κ1) is 14.2. The van der Waals surface area contributed by atoms with E-state index in [-0.39, 0.29) is 12.0 Å². The Morgan fingerprint density at radius 3 is 2.50 bits per heavy atom. The lowest BCUT2D eigenvalue weighted by atomic mass is 10.2. The van der Waals surface area contributed by atoms with Crippen molar-refractivity contribution in [1.29, 1.82) is 0 Å². The fourth-order valence-electron chi connectivity index (χ4n) is 1.39. The molecule has 0 bridgehead atoms. The Balaban J connectivity index is 2.52. The standard InChI is InChI=1S/C9H6F4N4O2S/c10-5-1-2-7(6(3-5)9(11,12)13)20(18,19)17-8-14-4-15-16-8/h1-4H,(H2,14,15,16,17). The van der Waals surface area contributed by atoms with Crippen molar-refractivity contribution in [1.82, 2.24) is 15.2 Å². The highest BCUT2D eigenvalue weighted by molar-refractivity contribution is 7.92. The van der Waals surface area contributed by atoms with Crippen LogP contribution in [0, 0.1) is 5.82 Å². The summed E-state index contributed by atoms with van der Waals surface area (Å²) >= 11 is 0. The summed E-state index contributed by atoms with van der Waals surface area (Å²) in [6.07, 6.45) is -4.05. The Morgan fingerprint density at radius 2 is 1.95 bits per heavy atom. The third-order valence-corrected chi connectivity index (χ3v) is 3.58. The molecular weight excluding hydrogens is 304 g/mol. The Hall–Kier alpha value is -2.17. The molecule has 0 aliphatic heterocycles. The molecule has 0 spiro atoms. The van der Waals surface area contributed by atoms with Crippen LogP contribution in [0.15, 0.2) is 29.4 Å². The van der Waals surface area contributed by atoms with Gasteiger partial charge in [-0.25, -0.2) is 22.6 Å². The molecule has 0 saturated carbocycles. The van der Waals surface area contributed by atoms with Crippen molar-refractivity contribution in [2.45, 2.75) is 11.1 Å². The largest absolute Gasteiger partial charge is 0.417 e. The molecule has 11 heteroatoms. The third kappa shape index (κ3) is 2.87. The molecule has 0 aliphatic carbocycles. The highest BCUT2D eigenvalue weighted by Crippen LogP contribution is 2.35. The van der Waals surface area contributed by atoms with E-state index in [9.17, 15) is 26.0 Å². The number of aromatic nitrogens is 3. The van der Waals surface area contributed by atoms with Gasteiger partial charge in [0.1, 0.15) is 12.1 Å². The number of rotatable bonds is 3. The molecule has 0 unspecified atom stereocenters. The van der Waals surface area contributed by atoms with Gasteiger partial charge in [0.05, 0.1) is 10.5 Å². The van der Waals surface area contributed by atoms with E-state index >= 15 is 0 Å². The molecule has 20 heavy (non-hydrogen) atoms. The molecule has 0 amide bonds. The molecule has 0 atom stereocenters. The van der Waals surface area contributed by atoms with Crippen LogP contribution in [0.25, 0.3) is 0 Å². The smallest absolute Gasteiger partial charge is 0.248 e. The lowest BCUT2D eigenvalue weighted by Gasteiger charge is -2.13. The van der Waals surface area contributed by atoms with Gasteiger partial charge in [-0.1, -0.05) is 0 Å². The Labute approximate surface area is 109 Å². The average Bonchev–Trinajstić information content (AvgIpc) is 2.79. The van der Waals surface area contributed by atoms with Crippen LogP contribution in [0.1, 0.15) is 5.56 Å². The maximum absolute atomic E-state index is 12.9. The molecule has 2 aromatic rings. The van der Waals surface area contributed by atoms with Crippen molar-refractivity contribution >= 4 is 16.0 Å². The molecule has 2 rings (SSSR count). The number of nitrogens with one attached hydrogen (secondary N) is 2. The quantitative estimate of drug-likeness (QED) is 0.846. The molecule has 1 aromatic carbocycles. The predicted octanol–water partition coefficient (Wildman–Crippen LogP) is 1.76. The normalized spacial score (nSPS) is 12.4. The number of sulfonamides is 1. The van der Waals surface area contributed by atoms with Crippen LogP contribution in [0.3, 0.4) is 0 Å². The van der Waals surface area contributed by atoms with Crippen LogP contribution < -0.4 is 4.72 Å². The summed E-state index contributed by atoms with van der Waals surface area (Å²) in [6.45, 7) is 0. The van der Waals surface area contributed by atoms with Crippen LogP contribution in [-0.4, -0.2) is 23.6 Å². The van der Waals surface area contributed by atoms with E-state index < -0.39 is 32.5 Å². The van der Waals surface area contributed by atoms with E-state index in [0.717, 1.165) is 6.33 Å². The summed E-state index contributed by atoms with van der Waals surface area (Å²) in [7, 11) is -4.58. The van der Waals surface area contributed by atoms with Crippen molar-refractivity contribution in [2.24, 2.45) is 0 Å². The lowest BCUT2D eigenvalue weighted by molar-refractivity contribution is -0.140. The molecule has 108 valence electrons. The highest BCUT2D eigenvalue weighted by atomic mass is 32.2. The van der Waals surface area contributed by atoms with Crippen LogP contribution in [-0.2, 0) is 16.2 Å². The van der Waals surface area contributed by atoms with Crippen molar-refractivity contribution in [3.8, 4) is 0 Å². The number of H-pyrrole nitrogens is 1. The monoisotopic (exact) mass is 310 g/mol. The first-order valence-corrected chi connectivity index (χ1v) is 6.43. The lowest BCUT2D eigenvalue weighted by Crippen LogP contribution is -2.19. The minimum Gasteiger partial charge on any atom is -0.248 e. The second kappa shape index (κ2) is 4.74. The molecule has 0 saturated heterocycles.